The highest BCUT2D eigenvalue weighted by atomic mass is 32.2. The number of H-pyrrole nitrogens is 1. The van der Waals surface area contributed by atoms with Gasteiger partial charge in [-0.2, -0.15) is 5.10 Å². The third-order valence-corrected chi connectivity index (χ3v) is 11.8. The third-order valence-electron chi connectivity index (χ3n) is 9.50. The predicted molar refractivity (Wildman–Crippen MR) is 155 cm³/mol. The number of nitrogens with one attached hydrogen (secondary N) is 1. The van der Waals surface area contributed by atoms with E-state index in [1.54, 1.807) is 12.1 Å². The van der Waals surface area contributed by atoms with Gasteiger partial charge in [0.15, 0.2) is 15.5 Å². The molecular formula is C32H36N4O2S. The molecule has 0 spiro atoms. The topological polar surface area (TPSA) is 79.0 Å². The minimum Gasteiger partial charge on any atom is -0.295 e. The highest BCUT2D eigenvalue weighted by molar-refractivity contribution is 7.92. The van der Waals surface area contributed by atoms with Crippen molar-refractivity contribution >= 4 is 20.9 Å². The number of rotatable bonds is 5. The number of aromatic nitrogens is 3. The lowest BCUT2D eigenvalue weighted by atomic mass is 9.89. The smallest absolute Gasteiger partial charge is 0.181 e. The van der Waals surface area contributed by atoms with Gasteiger partial charge in [0.1, 0.15) is 0 Å². The maximum atomic E-state index is 12.6. The van der Waals surface area contributed by atoms with Crippen molar-refractivity contribution < 1.29 is 8.42 Å². The Labute approximate surface area is 230 Å². The van der Waals surface area contributed by atoms with Crippen LogP contribution < -0.4 is 0 Å². The number of aryl methyl sites for hydroxylation is 2. The molecule has 2 atom stereocenters. The summed E-state index contributed by atoms with van der Waals surface area (Å²) >= 11 is 0. The molecule has 1 aliphatic heterocycles. The van der Waals surface area contributed by atoms with Crippen molar-refractivity contribution in [2.24, 2.45) is 0 Å². The fourth-order valence-corrected chi connectivity index (χ4v) is 8.55. The van der Waals surface area contributed by atoms with Crippen LogP contribution in [0.2, 0.25) is 0 Å². The zero-order chi connectivity index (χ0) is 26.8. The van der Waals surface area contributed by atoms with Crippen LogP contribution in [0.4, 0.5) is 0 Å². The summed E-state index contributed by atoms with van der Waals surface area (Å²) < 4.78 is 25.2. The average Bonchev–Trinajstić information content (AvgIpc) is 3.64. The highest BCUT2D eigenvalue weighted by Crippen LogP contribution is 2.39. The first-order valence-corrected chi connectivity index (χ1v) is 15.9. The molecule has 1 saturated carbocycles. The van der Waals surface area contributed by atoms with Crippen LogP contribution in [0.1, 0.15) is 63.5 Å². The van der Waals surface area contributed by atoms with Crippen molar-refractivity contribution in [3.8, 4) is 22.4 Å². The number of fused-ring (bicyclic) bond motifs is 2. The van der Waals surface area contributed by atoms with Crippen LogP contribution in [-0.4, -0.2) is 51.9 Å². The zero-order valence-electron chi connectivity index (χ0n) is 22.8. The number of sulfone groups is 1. The zero-order valence-corrected chi connectivity index (χ0v) is 23.6. The largest absolute Gasteiger partial charge is 0.295 e. The number of pyridine rings is 1. The van der Waals surface area contributed by atoms with Gasteiger partial charge < -0.3 is 0 Å². The summed E-state index contributed by atoms with van der Waals surface area (Å²) in [4.78, 5) is 7.83. The molecule has 2 aromatic carbocycles. The van der Waals surface area contributed by atoms with E-state index < -0.39 is 9.84 Å². The summed E-state index contributed by atoms with van der Waals surface area (Å²) in [6.07, 6.45) is 10.7. The first kappa shape index (κ1) is 25.0. The molecular weight excluding hydrogens is 504 g/mol. The number of hydrogen-bond donors (Lipinski definition) is 1. The molecule has 0 bridgehead atoms. The number of hydrogen-bond acceptors (Lipinski definition) is 5. The Morgan fingerprint density at radius 3 is 2.38 bits per heavy atom. The fraction of sp³-hybridized carbons (Fsp3) is 0.438. The molecule has 6 nitrogen and oxygen atoms in total. The molecule has 0 radical (unpaired) electrons. The second kappa shape index (κ2) is 9.27. The van der Waals surface area contributed by atoms with Crippen LogP contribution in [0, 0.1) is 0 Å². The van der Waals surface area contributed by atoms with E-state index in [4.69, 9.17) is 0 Å². The molecule has 39 heavy (non-hydrogen) atoms. The molecule has 7 rings (SSSR count). The van der Waals surface area contributed by atoms with E-state index in [-0.39, 0.29) is 10.8 Å². The van der Waals surface area contributed by atoms with Crippen LogP contribution in [0.25, 0.3) is 33.4 Å². The van der Waals surface area contributed by atoms with Gasteiger partial charge in [-0.25, -0.2) is 13.4 Å². The molecule has 3 heterocycles. The molecule has 2 aliphatic carbocycles. The molecule has 1 saturated heterocycles. The maximum absolute atomic E-state index is 12.6. The molecule has 2 fully saturated rings. The number of nitrogens with zero attached hydrogens (tertiary/aromatic N) is 3. The van der Waals surface area contributed by atoms with Crippen LogP contribution in [0.3, 0.4) is 0 Å². The molecule has 1 N–H and O–H groups in total. The highest BCUT2D eigenvalue weighted by Gasteiger charge is 2.38. The van der Waals surface area contributed by atoms with E-state index in [0.717, 1.165) is 47.9 Å². The van der Waals surface area contributed by atoms with Gasteiger partial charge in [0.05, 0.1) is 15.8 Å². The van der Waals surface area contributed by atoms with E-state index in [1.807, 2.05) is 18.3 Å². The van der Waals surface area contributed by atoms with Crippen molar-refractivity contribution in [1.82, 2.24) is 20.1 Å². The van der Waals surface area contributed by atoms with Crippen molar-refractivity contribution in [2.75, 3.05) is 6.54 Å². The van der Waals surface area contributed by atoms with Gasteiger partial charge >= 0.3 is 0 Å². The monoisotopic (exact) mass is 540 g/mol. The number of likely N-dealkylation sites (tertiary alicyclic amines) is 1. The third kappa shape index (κ3) is 4.40. The summed E-state index contributed by atoms with van der Waals surface area (Å²) in [5.74, 6) is 0. The molecule has 0 amide bonds. The number of aromatic amines is 1. The van der Waals surface area contributed by atoms with Gasteiger partial charge in [0, 0.05) is 34.3 Å². The molecule has 202 valence electrons. The SMILES string of the molecule is CC1CCCN1C1(C)CCc2ccc(-c3cnc4n[nH]c(-c5ccc(S(=O)(=O)C6CC6)cc5)c4c3)cc2CC1. The first-order valence-electron chi connectivity index (χ1n) is 14.4. The van der Waals surface area contributed by atoms with Crippen LogP contribution in [0.5, 0.6) is 0 Å². The maximum Gasteiger partial charge on any atom is 0.181 e. The Morgan fingerprint density at radius 1 is 0.923 bits per heavy atom. The Balaban J connectivity index is 1.17. The van der Waals surface area contributed by atoms with Crippen molar-refractivity contribution in [3.63, 3.8) is 0 Å². The van der Waals surface area contributed by atoms with Gasteiger partial charge in [-0.1, -0.05) is 30.3 Å². The van der Waals surface area contributed by atoms with E-state index in [9.17, 15) is 8.42 Å². The second-order valence-electron chi connectivity index (χ2n) is 12.1. The van der Waals surface area contributed by atoms with Gasteiger partial charge in [0.2, 0.25) is 0 Å². The summed E-state index contributed by atoms with van der Waals surface area (Å²) in [6, 6.07) is 17.0. The molecule has 2 unspecified atom stereocenters. The second-order valence-corrected chi connectivity index (χ2v) is 14.4. The summed E-state index contributed by atoms with van der Waals surface area (Å²) in [5, 5.41) is 8.29. The van der Waals surface area contributed by atoms with E-state index in [0.29, 0.717) is 16.6 Å². The van der Waals surface area contributed by atoms with Crippen molar-refractivity contribution in [2.45, 2.75) is 86.9 Å². The molecule has 2 aromatic heterocycles. The van der Waals surface area contributed by atoms with Gasteiger partial charge in [0.25, 0.3) is 0 Å². The minimum atomic E-state index is -3.20. The molecule has 3 aliphatic rings. The van der Waals surface area contributed by atoms with Crippen molar-refractivity contribution in [3.05, 3.63) is 65.9 Å². The van der Waals surface area contributed by atoms with Crippen LogP contribution in [-0.2, 0) is 22.7 Å². The average molecular weight is 541 g/mol. The van der Waals surface area contributed by atoms with Gasteiger partial charge in [-0.3, -0.25) is 10.00 Å². The Kier molecular flexibility index (Phi) is 5.94. The van der Waals surface area contributed by atoms with Crippen LogP contribution >= 0.6 is 0 Å². The number of benzene rings is 2. The Bertz CT molecular complexity index is 1660. The summed E-state index contributed by atoms with van der Waals surface area (Å²) in [5.41, 5.74) is 7.89. The lowest BCUT2D eigenvalue weighted by Gasteiger charge is -2.41. The lowest BCUT2D eigenvalue weighted by Crippen LogP contribution is -2.48. The van der Waals surface area contributed by atoms with E-state index in [2.05, 4.69) is 58.2 Å². The summed E-state index contributed by atoms with van der Waals surface area (Å²) in [7, 11) is -3.20. The fourth-order valence-electron chi connectivity index (χ4n) is 6.90. The van der Waals surface area contributed by atoms with Gasteiger partial charge in [-0.15, -0.1) is 0 Å². The van der Waals surface area contributed by atoms with Crippen molar-refractivity contribution in [1.29, 1.82) is 0 Å². The lowest BCUT2D eigenvalue weighted by molar-refractivity contribution is 0.0821. The molecule has 7 heteroatoms. The molecule has 4 aromatic rings. The standard InChI is InChI=1S/C32H36N4O2S/c1-21-4-3-17-36(21)32(2)15-13-22-5-6-24(18-25(22)14-16-32)26-19-29-30(34-35-31(29)33-20-26)23-7-9-27(10-8-23)39(37,38)28-11-12-28/h5-10,18-21,28H,3-4,11-17H2,1-2H3,(H,33,34,35). The Morgan fingerprint density at radius 2 is 1.67 bits per heavy atom. The minimum absolute atomic E-state index is 0.207. The van der Waals surface area contributed by atoms with Gasteiger partial charge in [-0.05, 0) is 107 Å². The Hall–Kier alpha value is -3.03. The quantitative estimate of drug-likeness (QED) is 0.299. The predicted octanol–water partition coefficient (Wildman–Crippen LogP) is 6.35. The normalized spacial score (nSPS) is 24.1. The van der Waals surface area contributed by atoms with Crippen LogP contribution in [0.15, 0.2) is 59.6 Å². The van der Waals surface area contributed by atoms with E-state index >= 15 is 0 Å². The van der Waals surface area contributed by atoms with E-state index in [1.165, 1.54) is 48.9 Å². The first-order chi connectivity index (χ1) is 18.8. The summed E-state index contributed by atoms with van der Waals surface area (Å²) in [6.45, 7) is 6.11.